The highest BCUT2D eigenvalue weighted by Gasteiger charge is 2.62. The number of fused-ring (bicyclic) bond motifs is 1. The Bertz CT molecular complexity index is 237. The molecule has 3 unspecified atom stereocenters. The van der Waals surface area contributed by atoms with Gasteiger partial charge < -0.3 is 14.9 Å². The summed E-state index contributed by atoms with van der Waals surface area (Å²) < 4.78 is 4.99. The van der Waals surface area contributed by atoms with Crippen molar-refractivity contribution in [2.45, 2.75) is 38.6 Å². The van der Waals surface area contributed by atoms with Crippen LogP contribution in [-0.2, 0) is 9.53 Å². The van der Waals surface area contributed by atoms with Crippen molar-refractivity contribution < 1.29 is 19.7 Å². The second-order valence-electron chi connectivity index (χ2n) is 4.63. The number of rotatable bonds is 3. The first-order valence-electron chi connectivity index (χ1n) is 5.08. The van der Waals surface area contributed by atoms with Crippen LogP contribution in [0, 0.1) is 17.8 Å². The van der Waals surface area contributed by atoms with Gasteiger partial charge in [0.2, 0.25) is 0 Å². The molecule has 14 heavy (non-hydrogen) atoms. The van der Waals surface area contributed by atoms with E-state index in [1.807, 2.05) is 13.8 Å². The SMILES string of the molecule is CC(C)[C@H](O)C(O)C1C2OC(=O)C[C@@H]21. The van der Waals surface area contributed by atoms with E-state index in [-0.39, 0.29) is 29.8 Å². The summed E-state index contributed by atoms with van der Waals surface area (Å²) in [6, 6.07) is 0. The third-order valence-corrected chi connectivity index (χ3v) is 3.25. The molecule has 2 aliphatic rings. The minimum Gasteiger partial charge on any atom is -0.462 e. The van der Waals surface area contributed by atoms with Gasteiger partial charge in [0.05, 0.1) is 18.6 Å². The van der Waals surface area contributed by atoms with Crippen LogP contribution in [0.2, 0.25) is 0 Å². The van der Waals surface area contributed by atoms with Gasteiger partial charge in [0.15, 0.2) is 0 Å². The fourth-order valence-corrected chi connectivity index (χ4v) is 2.25. The largest absolute Gasteiger partial charge is 0.462 e. The van der Waals surface area contributed by atoms with Gasteiger partial charge in [-0.05, 0) is 5.92 Å². The van der Waals surface area contributed by atoms with E-state index < -0.39 is 12.2 Å². The number of aliphatic hydroxyl groups excluding tert-OH is 2. The third kappa shape index (κ3) is 1.42. The number of hydrogen-bond donors (Lipinski definition) is 2. The number of carbonyl (C=O) groups is 1. The van der Waals surface area contributed by atoms with Crippen molar-refractivity contribution in [3.05, 3.63) is 0 Å². The van der Waals surface area contributed by atoms with Gasteiger partial charge in [-0.15, -0.1) is 0 Å². The summed E-state index contributed by atoms with van der Waals surface area (Å²) in [5, 5.41) is 19.4. The fourth-order valence-electron chi connectivity index (χ4n) is 2.25. The Kier molecular flexibility index (Phi) is 2.27. The van der Waals surface area contributed by atoms with Crippen LogP contribution in [0.4, 0.5) is 0 Å². The predicted octanol–water partition coefficient (Wildman–Crippen LogP) is -0.0743. The first kappa shape index (κ1) is 9.93. The van der Waals surface area contributed by atoms with Gasteiger partial charge in [-0.2, -0.15) is 0 Å². The fraction of sp³-hybridized carbons (Fsp3) is 0.900. The van der Waals surface area contributed by atoms with E-state index in [0.29, 0.717) is 6.42 Å². The van der Waals surface area contributed by atoms with Crippen molar-refractivity contribution in [3.63, 3.8) is 0 Å². The monoisotopic (exact) mass is 200 g/mol. The van der Waals surface area contributed by atoms with Crippen LogP contribution >= 0.6 is 0 Å². The lowest BCUT2D eigenvalue weighted by atomic mass is 9.97. The average Bonchev–Trinajstić information content (AvgIpc) is 2.62. The number of ether oxygens (including phenoxy) is 1. The minimum absolute atomic E-state index is 0.0297. The highest BCUT2D eigenvalue weighted by atomic mass is 16.6. The number of carbonyl (C=O) groups excluding carboxylic acids is 1. The summed E-state index contributed by atoms with van der Waals surface area (Å²) in [5.41, 5.74) is 0. The molecule has 1 aliphatic carbocycles. The average molecular weight is 200 g/mol. The zero-order valence-corrected chi connectivity index (χ0v) is 8.38. The number of esters is 1. The molecule has 80 valence electrons. The zero-order chi connectivity index (χ0) is 10.5. The first-order chi connectivity index (χ1) is 6.52. The smallest absolute Gasteiger partial charge is 0.306 e. The maximum Gasteiger partial charge on any atom is 0.306 e. The molecule has 2 N–H and O–H groups in total. The van der Waals surface area contributed by atoms with Crippen LogP contribution < -0.4 is 0 Å². The highest BCUT2D eigenvalue weighted by Crippen LogP contribution is 2.52. The van der Waals surface area contributed by atoms with Crippen LogP contribution in [0.25, 0.3) is 0 Å². The second-order valence-corrected chi connectivity index (χ2v) is 4.63. The lowest BCUT2D eigenvalue weighted by Gasteiger charge is -2.21. The summed E-state index contributed by atoms with van der Waals surface area (Å²) in [6.45, 7) is 3.72. The molecule has 1 saturated heterocycles. The van der Waals surface area contributed by atoms with Gasteiger partial charge in [0, 0.05) is 11.8 Å². The number of hydrogen-bond acceptors (Lipinski definition) is 4. The maximum absolute atomic E-state index is 10.8. The van der Waals surface area contributed by atoms with Crippen LogP contribution in [0.1, 0.15) is 20.3 Å². The second kappa shape index (κ2) is 3.21. The van der Waals surface area contributed by atoms with E-state index in [1.165, 1.54) is 0 Å². The maximum atomic E-state index is 10.8. The summed E-state index contributed by atoms with van der Waals surface area (Å²) in [4.78, 5) is 10.8. The van der Waals surface area contributed by atoms with E-state index in [9.17, 15) is 15.0 Å². The summed E-state index contributed by atoms with van der Waals surface area (Å²) in [6.07, 6.45) is -1.20. The van der Waals surface area contributed by atoms with E-state index in [1.54, 1.807) is 0 Å². The standard InChI is InChI=1S/C10H16O4/c1-4(2)8(12)9(13)7-5-3-6(11)14-10(5)7/h4-5,7-10,12-13H,3H2,1-2H3/t5-,7?,8+,9?,10?/m1/s1. The molecule has 0 amide bonds. The van der Waals surface area contributed by atoms with Crippen LogP contribution in [0.15, 0.2) is 0 Å². The molecule has 0 aromatic rings. The molecule has 0 radical (unpaired) electrons. The highest BCUT2D eigenvalue weighted by molar-refractivity contribution is 5.74. The molecular weight excluding hydrogens is 184 g/mol. The molecule has 1 heterocycles. The molecule has 1 aliphatic heterocycles. The molecule has 5 atom stereocenters. The molecule has 2 rings (SSSR count). The Morgan fingerprint density at radius 1 is 1.43 bits per heavy atom. The van der Waals surface area contributed by atoms with E-state index in [2.05, 4.69) is 0 Å². The minimum atomic E-state index is -0.752. The van der Waals surface area contributed by atoms with Crippen LogP contribution in [0.5, 0.6) is 0 Å². The van der Waals surface area contributed by atoms with E-state index in [4.69, 9.17) is 4.74 Å². The van der Waals surface area contributed by atoms with Gasteiger partial charge in [0.25, 0.3) is 0 Å². The predicted molar refractivity (Wildman–Crippen MR) is 48.3 cm³/mol. The van der Waals surface area contributed by atoms with Crippen LogP contribution in [-0.4, -0.2) is 34.5 Å². The molecule has 0 aromatic heterocycles. The van der Waals surface area contributed by atoms with Crippen molar-refractivity contribution in [3.8, 4) is 0 Å². The van der Waals surface area contributed by atoms with Crippen molar-refractivity contribution in [1.29, 1.82) is 0 Å². The molecule has 0 bridgehead atoms. The summed E-state index contributed by atoms with van der Waals surface area (Å²) in [7, 11) is 0. The van der Waals surface area contributed by atoms with E-state index in [0.717, 1.165) is 0 Å². The molecule has 4 heteroatoms. The Hall–Kier alpha value is -0.610. The van der Waals surface area contributed by atoms with Gasteiger partial charge in [0.1, 0.15) is 6.10 Å². The third-order valence-electron chi connectivity index (χ3n) is 3.25. The quantitative estimate of drug-likeness (QED) is 0.626. The van der Waals surface area contributed by atoms with Crippen LogP contribution in [0.3, 0.4) is 0 Å². The molecule has 2 fully saturated rings. The Morgan fingerprint density at radius 3 is 2.50 bits per heavy atom. The van der Waals surface area contributed by atoms with Crippen molar-refractivity contribution in [2.24, 2.45) is 17.8 Å². The Balaban J connectivity index is 1.91. The summed E-state index contributed by atoms with van der Waals surface area (Å²) in [5.74, 6) is -0.0412. The molecular formula is C10H16O4. The normalized spacial score (nSPS) is 39.2. The zero-order valence-electron chi connectivity index (χ0n) is 8.38. The first-order valence-corrected chi connectivity index (χ1v) is 5.08. The summed E-state index contributed by atoms with van der Waals surface area (Å²) >= 11 is 0. The number of aliphatic hydroxyl groups is 2. The van der Waals surface area contributed by atoms with E-state index >= 15 is 0 Å². The topological polar surface area (TPSA) is 66.8 Å². The van der Waals surface area contributed by atoms with Crippen molar-refractivity contribution >= 4 is 5.97 Å². The molecule has 0 aromatic carbocycles. The molecule has 4 nitrogen and oxygen atoms in total. The molecule has 0 spiro atoms. The van der Waals surface area contributed by atoms with Gasteiger partial charge in [-0.1, -0.05) is 13.8 Å². The lowest BCUT2D eigenvalue weighted by Crippen LogP contribution is -2.34. The van der Waals surface area contributed by atoms with Gasteiger partial charge >= 0.3 is 5.97 Å². The molecule has 1 saturated carbocycles. The van der Waals surface area contributed by atoms with Gasteiger partial charge in [-0.25, -0.2) is 0 Å². The van der Waals surface area contributed by atoms with Gasteiger partial charge in [-0.3, -0.25) is 4.79 Å². The Labute approximate surface area is 82.9 Å². The van der Waals surface area contributed by atoms with Crippen molar-refractivity contribution in [2.75, 3.05) is 0 Å². The van der Waals surface area contributed by atoms with Crippen molar-refractivity contribution in [1.82, 2.24) is 0 Å². The lowest BCUT2D eigenvalue weighted by molar-refractivity contribution is -0.143. The Morgan fingerprint density at radius 2 is 2.07 bits per heavy atom.